The van der Waals surface area contributed by atoms with Crippen LogP contribution >= 0.6 is 12.6 Å². The lowest BCUT2D eigenvalue weighted by molar-refractivity contribution is 0.0801. The van der Waals surface area contributed by atoms with Gasteiger partial charge in [0.25, 0.3) is 0 Å². The van der Waals surface area contributed by atoms with E-state index in [1.165, 1.54) is 0 Å². The molecule has 3 heteroatoms. The first-order valence-electron chi connectivity index (χ1n) is 1.40. The molecule has 0 rings (SSSR count). The van der Waals surface area contributed by atoms with Crippen molar-refractivity contribution in [2.24, 2.45) is 0 Å². The minimum Gasteiger partial charge on any atom is -0.168 e. The molecule has 0 radical (unpaired) electrons. The lowest BCUT2D eigenvalue weighted by Crippen LogP contribution is -2.10. The Labute approximate surface area is 41.0 Å². The van der Waals surface area contributed by atoms with Crippen LogP contribution in [0.1, 0.15) is 0 Å². The zero-order valence-electron chi connectivity index (χ0n) is 3.12. The van der Waals surface area contributed by atoms with Crippen LogP contribution < -0.4 is 0 Å². The Morgan fingerprint density at radius 1 is 1.67 bits per heavy atom. The van der Waals surface area contributed by atoms with E-state index in [1.807, 2.05) is 0 Å². The Balaban J connectivity index is 3.17. The van der Waals surface area contributed by atoms with Gasteiger partial charge in [-0.3, -0.25) is 0 Å². The van der Waals surface area contributed by atoms with Gasteiger partial charge in [0.05, 0.1) is 5.75 Å². The van der Waals surface area contributed by atoms with Crippen LogP contribution in [0.5, 0.6) is 0 Å². The first-order chi connectivity index (χ1) is 2.56. The van der Waals surface area contributed by atoms with E-state index in [4.69, 9.17) is 0 Å². The second kappa shape index (κ2) is 1.69. The van der Waals surface area contributed by atoms with E-state index in [1.54, 1.807) is 0 Å². The molecule has 0 fully saturated rings. The molecule has 0 nitrogen and oxygen atoms in total. The minimum atomic E-state index is -2.84. The smallest absolute Gasteiger partial charge is 0.168 e. The highest BCUT2D eigenvalue weighted by Crippen LogP contribution is 2.10. The summed E-state index contributed by atoms with van der Waals surface area (Å²) in [6.07, 6.45) is 0. The van der Waals surface area contributed by atoms with Crippen molar-refractivity contribution in [1.82, 2.24) is 0 Å². The van der Waals surface area contributed by atoms with Gasteiger partial charge in [-0.25, -0.2) is 0 Å². The molecular weight excluding hydrogens is 106 g/mol. The molecule has 0 saturated carbocycles. The molecule has 36 valence electrons. The number of rotatable bonds is 1. The van der Waals surface area contributed by atoms with E-state index in [0.717, 1.165) is 0 Å². The number of hydrogen-bond donors (Lipinski definition) is 1. The van der Waals surface area contributed by atoms with Crippen molar-refractivity contribution in [1.29, 1.82) is 0 Å². The van der Waals surface area contributed by atoms with Crippen molar-refractivity contribution in [2.75, 3.05) is 5.75 Å². The third kappa shape index (κ3) is 4.08. The van der Waals surface area contributed by atoms with Crippen molar-refractivity contribution in [3.05, 3.63) is 6.92 Å². The van der Waals surface area contributed by atoms with Crippen LogP contribution in [-0.2, 0) is 0 Å². The Hall–Kier alpha value is 0.0800. The maximum atomic E-state index is 11.3. The second-order valence-electron chi connectivity index (χ2n) is 1.01. The highest BCUT2D eigenvalue weighted by atomic mass is 32.1. The van der Waals surface area contributed by atoms with E-state index in [2.05, 4.69) is 19.6 Å². The summed E-state index contributed by atoms with van der Waals surface area (Å²) in [6.45, 7) is 2.48. The highest BCUT2D eigenvalue weighted by Gasteiger charge is 2.26. The third-order valence-corrected chi connectivity index (χ3v) is 0.694. The molecule has 0 aliphatic heterocycles. The van der Waals surface area contributed by atoms with Crippen molar-refractivity contribution >= 4 is 12.6 Å². The average molecular weight is 111 g/mol. The standard InChI is InChI=1S/C3H4F2S/c1-3(4,5)2-6/h1-2H2/p+1. The second-order valence-corrected chi connectivity index (χ2v) is 1.33. The Kier molecular flexibility index (Phi) is 1.71. The van der Waals surface area contributed by atoms with Gasteiger partial charge < -0.3 is 0 Å². The molecule has 6 heavy (non-hydrogen) atoms. The molecule has 0 saturated heterocycles. The summed E-state index contributed by atoms with van der Waals surface area (Å²) in [6, 6.07) is 0. The summed E-state index contributed by atoms with van der Waals surface area (Å²) in [7, 11) is 0. The molecule has 0 bridgehead atoms. The number of thiol groups is 1. The van der Waals surface area contributed by atoms with E-state index < -0.39 is 11.7 Å². The van der Waals surface area contributed by atoms with Crippen molar-refractivity contribution in [3.8, 4) is 0 Å². The first-order valence-corrected chi connectivity index (χ1v) is 2.03. The van der Waals surface area contributed by atoms with Crippen molar-refractivity contribution in [2.45, 2.75) is 5.92 Å². The van der Waals surface area contributed by atoms with E-state index in [-0.39, 0.29) is 0 Å². The van der Waals surface area contributed by atoms with E-state index in [0.29, 0.717) is 0 Å². The van der Waals surface area contributed by atoms with Crippen LogP contribution in [0.4, 0.5) is 8.78 Å². The molecular formula is C3H5F2S+. The Morgan fingerprint density at radius 2 is 1.83 bits per heavy atom. The quantitative estimate of drug-likeness (QED) is 0.383. The van der Waals surface area contributed by atoms with Gasteiger partial charge in [-0.15, -0.1) is 0 Å². The fourth-order valence-corrected chi connectivity index (χ4v) is 0. The summed E-state index contributed by atoms with van der Waals surface area (Å²) in [5, 5.41) is 0. The Bertz CT molecular complexity index is 38.5. The van der Waals surface area contributed by atoms with Crippen molar-refractivity contribution < 1.29 is 8.78 Å². The van der Waals surface area contributed by atoms with Gasteiger partial charge in [-0.2, -0.15) is 21.4 Å². The molecule has 0 aliphatic carbocycles. The molecule has 0 aromatic carbocycles. The summed E-state index contributed by atoms with van der Waals surface area (Å²) in [5.74, 6) is -3.32. The van der Waals surface area contributed by atoms with E-state index >= 15 is 0 Å². The molecule has 0 heterocycles. The van der Waals surface area contributed by atoms with Crippen LogP contribution in [0.25, 0.3) is 0 Å². The zero-order chi connectivity index (χ0) is 5.21. The molecule has 0 unspecified atom stereocenters. The van der Waals surface area contributed by atoms with Gasteiger partial charge in [0.1, 0.15) is 6.92 Å². The normalized spacial score (nSPS) is 11.8. The first kappa shape index (κ1) is 6.08. The van der Waals surface area contributed by atoms with Gasteiger partial charge in [-0.1, -0.05) is 0 Å². The predicted molar refractivity (Wildman–Crippen MR) is 24.2 cm³/mol. The monoisotopic (exact) mass is 111 g/mol. The molecule has 0 aromatic rings. The Morgan fingerprint density at radius 3 is 1.83 bits per heavy atom. The molecule has 0 aliphatic rings. The maximum Gasteiger partial charge on any atom is 0.392 e. The SMILES string of the molecule is [CH2+]C(F)(F)CS. The summed E-state index contributed by atoms with van der Waals surface area (Å²) in [4.78, 5) is 0. The van der Waals surface area contributed by atoms with Gasteiger partial charge in [0.15, 0.2) is 0 Å². The lowest BCUT2D eigenvalue weighted by Gasteiger charge is -1.92. The predicted octanol–water partition coefficient (Wildman–Crippen LogP) is 1.39. The fourth-order valence-electron chi connectivity index (χ4n) is 0. The maximum absolute atomic E-state index is 11.3. The molecule has 0 spiro atoms. The number of alkyl halides is 2. The highest BCUT2D eigenvalue weighted by molar-refractivity contribution is 7.80. The van der Waals surface area contributed by atoms with Gasteiger partial charge in [-0.05, 0) is 0 Å². The van der Waals surface area contributed by atoms with Crippen LogP contribution in [0.15, 0.2) is 0 Å². The average Bonchev–Trinajstić information content (AvgIpc) is 1.35. The topological polar surface area (TPSA) is 0 Å². The molecule has 0 amide bonds. The number of hydrogen-bond acceptors (Lipinski definition) is 1. The summed E-state index contributed by atoms with van der Waals surface area (Å²) < 4.78 is 22.5. The summed E-state index contributed by atoms with van der Waals surface area (Å²) in [5.41, 5.74) is 0. The number of halogens is 2. The van der Waals surface area contributed by atoms with Gasteiger partial charge >= 0.3 is 5.92 Å². The van der Waals surface area contributed by atoms with Crippen molar-refractivity contribution in [3.63, 3.8) is 0 Å². The largest absolute Gasteiger partial charge is 0.392 e. The van der Waals surface area contributed by atoms with Crippen LogP contribution in [0.3, 0.4) is 0 Å². The van der Waals surface area contributed by atoms with Crippen LogP contribution in [0, 0.1) is 6.92 Å². The van der Waals surface area contributed by atoms with E-state index in [9.17, 15) is 8.78 Å². The summed E-state index contributed by atoms with van der Waals surface area (Å²) >= 11 is 3.29. The van der Waals surface area contributed by atoms with Crippen LogP contribution in [0.2, 0.25) is 0 Å². The van der Waals surface area contributed by atoms with Gasteiger partial charge in [0.2, 0.25) is 0 Å². The van der Waals surface area contributed by atoms with Gasteiger partial charge in [0, 0.05) is 0 Å². The zero-order valence-corrected chi connectivity index (χ0v) is 4.01. The fraction of sp³-hybridized carbons (Fsp3) is 0.667. The molecule has 0 atom stereocenters. The molecule has 0 N–H and O–H groups in total. The minimum absolute atomic E-state index is 0.479. The lowest BCUT2D eigenvalue weighted by atomic mass is 10.5. The van der Waals surface area contributed by atoms with Crippen LogP contribution in [-0.4, -0.2) is 11.7 Å². The third-order valence-electron chi connectivity index (χ3n) is 0.231. The molecule has 0 aromatic heterocycles.